The van der Waals surface area contributed by atoms with Gasteiger partial charge in [-0.15, -0.1) is 0 Å². The molecule has 2 aromatic heterocycles. The van der Waals surface area contributed by atoms with Gasteiger partial charge in [-0.25, -0.2) is 9.97 Å². The van der Waals surface area contributed by atoms with Gasteiger partial charge in [-0.2, -0.15) is 0 Å². The predicted molar refractivity (Wildman–Crippen MR) is 194 cm³/mol. The Morgan fingerprint density at radius 1 is 0.553 bits per heavy atom. The number of fused-ring (bicyclic) bond motifs is 8. The second-order valence-corrected chi connectivity index (χ2v) is 14.0. The Labute approximate surface area is 274 Å². The smallest absolute Gasteiger partial charge is 0.160 e. The first kappa shape index (κ1) is 27.7. The van der Waals surface area contributed by atoms with Gasteiger partial charge in [-0.3, -0.25) is 0 Å². The van der Waals surface area contributed by atoms with Crippen molar-refractivity contribution in [2.24, 2.45) is 5.41 Å². The van der Waals surface area contributed by atoms with E-state index in [9.17, 15) is 0 Å². The van der Waals surface area contributed by atoms with Gasteiger partial charge in [0.25, 0.3) is 0 Å². The molecular weight excluding hydrogens is 572 g/mol. The van der Waals surface area contributed by atoms with Crippen molar-refractivity contribution in [3.8, 4) is 44.9 Å². The molecule has 1 aliphatic rings. The molecule has 0 saturated carbocycles. The van der Waals surface area contributed by atoms with E-state index in [-0.39, 0.29) is 10.8 Å². The standard InChI is InChI=1S/C44H34N2O/c1-43(2,3)44(4)34-18-12-11-17-31(34)39-35(44)22-24-37-40(39)32-21-19-30(26-38(32)47-37)42-45-36-23-20-29(27-13-7-5-8-14-27)25-33(36)41(46-42)28-15-9-6-10-16-28/h5-26H,1-4H3. The summed E-state index contributed by atoms with van der Waals surface area (Å²) < 4.78 is 6.62. The second kappa shape index (κ2) is 9.98. The molecule has 1 unspecified atom stereocenters. The van der Waals surface area contributed by atoms with E-state index >= 15 is 0 Å². The molecule has 3 heteroatoms. The van der Waals surface area contributed by atoms with E-state index in [1.807, 2.05) is 12.1 Å². The maximum Gasteiger partial charge on any atom is 0.160 e. The zero-order valence-corrected chi connectivity index (χ0v) is 27.0. The van der Waals surface area contributed by atoms with Crippen LogP contribution in [-0.4, -0.2) is 9.97 Å². The van der Waals surface area contributed by atoms with Crippen molar-refractivity contribution < 1.29 is 4.42 Å². The topological polar surface area (TPSA) is 38.9 Å². The normalized spacial score (nSPS) is 15.7. The average Bonchev–Trinajstić information content (AvgIpc) is 3.61. The van der Waals surface area contributed by atoms with Crippen LogP contribution in [0.5, 0.6) is 0 Å². The van der Waals surface area contributed by atoms with Gasteiger partial charge in [0.05, 0.1) is 11.2 Å². The van der Waals surface area contributed by atoms with Crippen molar-refractivity contribution in [1.82, 2.24) is 9.97 Å². The van der Waals surface area contributed by atoms with Crippen molar-refractivity contribution >= 4 is 32.8 Å². The van der Waals surface area contributed by atoms with E-state index in [0.29, 0.717) is 5.82 Å². The van der Waals surface area contributed by atoms with E-state index in [2.05, 4.69) is 149 Å². The van der Waals surface area contributed by atoms with Gasteiger partial charge in [0.2, 0.25) is 0 Å². The summed E-state index contributed by atoms with van der Waals surface area (Å²) in [7, 11) is 0. The Hall–Kier alpha value is -5.54. The third-order valence-corrected chi connectivity index (χ3v) is 10.5. The second-order valence-electron chi connectivity index (χ2n) is 14.0. The highest BCUT2D eigenvalue weighted by Gasteiger charge is 2.48. The largest absolute Gasteiger partial charge is 0.456 e. The first-order valence-corrected chi connectivity index (χ1v) is 16.3. The highest BCUT2D eigenvalue weighted by Crippen LogP contribution is 2.59. The van der Waals surface area contributed by atoms with Crippen molar-refractivity contribution in [3.63, 3.8) is 0 Å². The molecule has 0 spiro atoms. The Kier molecular flexibility index (Phi) is 5.89. The van der Waals surface area contributed by atoms with Crippen LogP contribution in [-0.2, 0) is 5.41 Å². The van der Waals surface area contributed by atoms with Gasteiger partial charge >= 0.3 is 0 Å². The van der Waals surface area contributed by atoms with Gasteiger partial charge in [0.1, 0.15) is 11.2 Å². The molecule has 47 heavy (non-hydrogen) atoms. The molecule has 0 fully saturated rings. The number of benzene rings is 6. The lowest BCUT2D eigenvalue weighted by Crippen LogP contribution is -2.36. The molecule has 6 aromatic carbocycles. The molecule has 9 rings (SSSR count). The fourth-order valence-corrected chi connectivity index (χ4v) is 7.68. The minimum Gasteiger partial charge on any atom is -0.456 e. The van der Waals surface area contributed by atoms with Crippen molar-refractivity contribution in [2.75, 3.05) is 0 Å². The number of hydrogen-bond donors (Lipinski definition) is 0. The molecule has 0 saturated heterocycles. The lowest BCUT2D eigenvalue weighted by molar-refractivity contribution is 0.255. The Morgan fingerprint density at radius 3 is 2.02 bits per heavy atom. The first-order chi connectivity index (χ1) is 22.8. The summed E-state index contributed by atoms with van der Waals surface area (Å²) in [6, 6.07) is 47.1. The van der Waals surface area contributed by atoms with E-state index in [0.717, 1.165) is 49.8 Å². The number of hydrogen-bond acceptors (Lipinski definition) is 3. The third-order valence-electron chi connectivity index (χ3n) is 10.5. The van der Waals surface area contributed by atoms with Crippen LogP contribution >= 0.6 is 0 Å². The van der Waals surface area contributed by atoms with Crippen LogP contribution in [0.15, 0.2) is 138 Å². The van der Waals surface area contributed by atoms with Gasteiger partial charge in [0.15, 0.2) is 5.82 Å². The lowest BCUT2D eigenvalue weighted by Gasteiger charge is -2.41. The summed E-state index contributed by atoms with van der Waals surface area (Å²) in [4.78, 5) is 10.3. The minimum atomic E-state index is -0.121. The van der Waals surface area contributed by atoms with Gasteiger partial charge < -0.3 is 4.42 Å². The van der Waals surface area contributed by atoms with Gasteiger partial charge in [-0.05, 0) is 69.1 Å². The Balaban J connectivity index is 1.24. The molecule has 0 N–H and O–H groups in total. The molecule has 0 aliphatic heterocycles. The van der Waals surface area contributed by atoms with Crippen LogP contribution in [0, 0.1) is 5.41 Å². The summed E-state index contributed by atoms with van der Waals surface area (Å²) in [5.74, 6) is 0.682. The fraction of sp³-hybridized carbons (Fsp3) is 0.136. The van der Waals surface area contributed by atoms with Crippen molar-refractivity contribution in [2.45, 2.75) is 33.1 Å². The van der Waals surface area contributed by atoms with Gasteiger partial charge in [-0.1, -0.05) is 131 Å². The van der Waals surface area contributed by atoms with E-state index in [4.69, 9.17) is 14.4 Å². The zero-order valence-electron chi connectivity index (χ0n) is 27.0. The van der Waals surface area contributed by atoms with Crippen LogP contribution in [0.3, 0.4) is 0 Å². The SMILES string of the molecule is CC(C)(C)C1(C)c2ccccc2-c2c1ccc1oc3cc(-c4nc(-c5ccccc5)c5cc(-c6ccccc6)ccc5n4)ccc3c21. The highest BCUT2D eigenvalue weighted by molar-refractivity contribution is 6.15. The lowest BCUT2D eigenvalue weighted by atomic mass is 9.62. The van der Waals surface area contributed by atoms with Crippen LogP contribution in [0.4, 0.5) is 0 Å². The molecule has 2 heterocycles. The summed E-state index contributed by atoms with van der Waals surface area (Å²) in [5.41, 5.74) is 13.1. The number of rotatable bonds is 3. The number of aromatic nitrogens is 2. The molecule has 0 bridgehead atoms. The molecular formula is C44H34N2O. The molecule has 1 atom stereocenters. The molecule has 8 aromatic rings. The third kappa shape index (κ3) is 4.06. The summed E-state index contributed by atoms with van der Waals surface area (Å²) in [6.07, 6.45) is 0. The van der Waals surface area contributed by atoms with E-state index in [1.165, 1.54) is 33.2 Å². The van der Waals surface area contributed by atoms with Gasteiger partial charge in [0, 0.05) is 32.7 Å². The predicted octanol–water partition coefficient (Wildman–Crippen LogP) is 11.9. The maximum absolute atomic E-state index is 6.62. The van der Waals surface area contributed by atoms with Crippen molar-refractivity contribution in [3.05, 3.63) is 145 Å². The van der Waals surface area contributed by atoms with Crippen molar-refractivity contribution in [1.29, 1.82) is 0 Å². The fourth-order valence-electron chi connectivity index (χ4n) is 7.68. The quantitative estimate of drug-likeness (QED) is 0.201. The molecule has 0 amide bonds. The summed E-state index contributed by atoms with van der Waals surface area (Å²) in [5, 5.41) is 3.33. The molecule has 1 aliphatic carbocycles. The zero-order chi connectivity index (χ0) is 31.9. The van der Waals surface area contributed by atoms with Crippen LogP contribution in [0.25, 0.3) is 77.7 Å². The first-order valence-electron chi connectivity index (χ1n) is 16.3. The van der Waals surface area contributed by atoms with Crippen LogP contribution in [0.1, 0.15) is 38.8 Å². The number of nitrogens with zero attached hydrogens (tertiary/aromatic N) is 2. The minimum absolute atomic E-state index is 0.0283. The molecule has 3 nitrogen and oxygen atoms in total. The van der Waals surface area contributed by atoms with Crippen LogP contribution < -0.4 is 0 Å². The molecule has 0 radical (unpaired) electrons. The maximum atomic E-state index is 6.62. The molecule has 226 valence electrons. The summed E-state index contributed by atoms with van der Waals surface area (Å²) >= 11 is 0. The highest BCUT2D eigenvalue weighted by atomic mass is 16.3. The van der Waals surface area contributed by atoms with Crippen LogP contribution in [0.2, 0.25) is 0 Å². The Bertz CT molecular complexity index is 2500. The van der Waals surface area contributed by atoms with E-state index < -0.39 is 0 Å². The van der Waals surface area contributed by atoms with E-state index in [1.54, 1.807) is 0 Å². The Morgan fingerprint density at radius 2 is 1.26 bits per heavy atom. The monoisotopic (exact) mass is 606 g/mol. The average molecular weight is 607 g/mol. The summed E-state index contributed by atoms with van der Waals surface area (Å²) in [6.45, 7) is 9.43. The number of furan rings is 1.